The molecule has 2 N–H and O–H groups in total. The molecule has 0 aromatic carbocycles. The standard InChI is InChI=1S/C10H21NO/c1-3-5-8(2)11-9-6-4-7-10(9)12/h8-12H,3-7H2,1-2H3/t8-,9-,10-/m0/s1. The van der Waals surface area contributed by atoms with Crippen LogP contribution in [-0.4, -0.2) is 23.3 Å². The minimum atomic E-state index is -0.0932. The zero-order valence-corrected chi connectivity index (χ0v) is 8.21. The van der Waals surface area contributed by atoms with Crippen molar-refractivity contribution in [3.05, 3.63) is 0 Å². The number of hydrogen-bond acceptors (Lipinski definition) is 2. The van der Waals surface area contributed by atoms with Gasteiger partial charge in [0.1, 0.15) is 0 Å². The van der Waals surface area contributed by atoms with Crippen molar-refractivity contribution in [3.8, 4) is 0 Å². The molecular formula is C10H21NO. The number of nitrogens with one attached hydrogen (secondary N) is 1. The van der Waals surface area contributed by atoms with Gasteiger partial charge in [-0.1, -0.05) is 13.3 Å². The molecule has 0 aliphatic heterocycles. The summed E-state index contributed by atoms with van der Waals surface area (Å²) in [6.45, 7) is 4.40. The molecule has 0 saturated heterocycles. The molecule has 0 spiro atoms. The van der Waals surface area contributed by atoms with E-state index < -0.39 is 0 Å². The fraction of sp³-hybridized carbons (Fsp3) is 1.00. The van der Waals surface area contributed by atoms with E-state index in [1.807, 2.05) is 0 Å². The van der Waals surface area contributed by atoms with Crippen molar-refractivity contribution in [1.29, 1.82) is 0 Å². The first kappa shape index (κ1) is 10.0. The second-order valence-corrected chi connectivity index (χ2v) is 3.96. The van der Waals surface area contributed by atoms with Gasteiger partial charge in [0.2, 0.25) is 0 Å². The molecule has 1 rings (SSSR count). The molecule has 0 heterocycles. The summed E-state index contributed by atoms with van der Waals surface area (Å²) in [4.78, 5) is 0. The number of aliphatic hydroxyl groups is 1. The van der Waals surface area contributed by atoms with Gasteiger partial charge < -0.3 is 10.4 Å². The molecular weight excluding hydrogens is 150 g/mol. The SMILES string of the molecule is CCC[C@H](C)N[C@H]1CCC[C@@H]1O. The van der Waals surface area contributed by atoms with Crippen molar-refractivity contribution < 1.29 is 5.11 Å². The van der Waals surface area contributed by atoms with Crippen LogP contribution in [0.4, 0.5) is 0 Å². The van der Waals surface area contributed by atoms with E-state index >= 15 is 0 Å². The number of rotatable bonds is 4. The van der Waals surface area contributed by atoms with Gasteiger partial charge in [-0.2, -0.15) is 0 Å². The van der Waals surface area contributed by atoms with Gasteiger partial charge in [-0.05, 0) is 32.6 Å². The van der Waals surface area contributed by atoms with Crippen LogP contribution in [0, 0.1) is 0 Å². The van der Waals surface area contributed by atoms with Gasteiger partial charge >= 0.3 is 0 Å². The highest BCUT2D eigenvalue weighted by Crippen LogP contribution is 2.19. The Bertz CT molecular complexity index is 127. The second-order valence-electron chi connectivity index (χ2n) is 3.96. The van der Waals surface area contributed by atoms with Crippen LogP contribution in [0.2, 0.25) is 0 Å². The summed E-state index contributed by atoms with van der Waals surface area (Å²) in [7, 11) is 0. The first-order valence-corrected chi connectivity index (χ1v) is 5.18. The highest BCUT2D eigenvalue weighted by molar-refractivity contribution is 4.84. The topological polar surface area (TPSA) is 32.3 Å². The Hall–Kier alpha value is -0.0800. The molecule has 1 aliphatic carbocycles. The minimum Gasteiger partial charge on any atom is -0.392 e. The molecule has 1 saturated carbocycles. The van der Waals surface area contributed by atoms with E-state index in [9.17, 15) is 5.11 Å². The van der Waals surface area contributed by atoms with Crippen LogP contribution in [0.3, 0.4) is 0 Å². The summed E-state index contributed by atoms with van der Waals surface area (Å²) in [6.07, 6.45) is 5.65. The molecule has 0 radical (unpaired) electrons. The Morgan fingerprint density at radius 3 is 2.75 bits per heavy atom. The van der Waals surface area contributed by atoms with Crippen molar-refractivity contribution in [2.24, 2.45) is 0 Å². The zero-order valence-electron chi connectivity index (χ0n) is 8.21. The lowest BCUT2D eigenvalue weighted by atomic mass is 10.1. The Morgan fingerprint density at radius 2 is 2.25 bits per heavy atom. The van der Waals surface area contributed by atoms with Gasteiger partial charge in [0.15, 0.2) is 0 Å². The van der Waals surface area contributed by atoms with Crippen molar-refractivity contribution in [2.75, 3.05) is 0 Å². The highest BCUT2D eigenvalue weighted by Gasteiger charge is 2.25. The van der Waals surface area contributed by atoms with E-state index in [2.05, 4.69) is 19.2 Å². The lowest BCUT2D eigenvalue weighted by Gasteiger charge is -2.21. The minimum absolute atomic E-state index is 0.0932. The van der Waals surface area contributed by atoms with E-state index in [-0.39, 0.29) is 6.10 Å². The third-order valence-electron chi connectivity index (χ3n) is 2.70. The van der Waals surface area contributed by atoms with Crippen LogP contribution in [0.25, 0.3) is 0 Å². The van der Waals surface area contributed by atoms with Crippen LogP contribution in [0.15, 0.2) is 0 Å². The first-order chi connectivity index (χ1) is 5.74. The molecule has 0 aromatic rings. The Kier molecular flexibility index (Phi) is 4.02. The molecule has 0 amide bonds. The lowest BCUT2D eigenvalue weighted by molar-refractivity contribution is 0.143. The summed E-state index contributed by atoms with van der Waals surface area (Å²) >= 11 is 0. The average molecular weight is 171 g/mol. The first-order valence-electron chi connectivity index (χ1n) is 5.18. The van der Waals surface area contributed by atoms with Gasteiger partial charge in [-0.25, -0.2) is 0 Å². The highest BCUT2D eigenvalue weighted by atomic mass is 16.3. The molecule has 2 heteroatoms. The van der Waals surface area contributed by atoms with E-state index in [0.29, 0.717) is 12.1 Å². The fourth-order valence-corrected chi connectivity index (χ4v) is 2.02. The van der Waals surface area contributed by atoms with Gasteiger partial charge in [-0.15, -0.1) is 0 Å². The van der Waals surface area contributed by atoms with E-state index in [4.69, 9.17) is 0 Å². The van der Waals surface area contributed by atoms with Crippen molar-refractivity contribution in [1.82, 2.24) is 5.32 Å². The molecule has 1 aliphatic rings. The van der Waals surface area contributed by atoms with Gasteiger partial charge in [0, 0.05) is 12.1 Å². The normalized spacial score (nSPS) is 32.2. The molecule has 0 bridgehead atoms. The van der Waals surface area contributed by atoms with Gasteiger partial charge in [0.05, 0.1) is 6.10 Å². The maximum atomic E-state index is 9.54. The third kappa shape index (κ3) is 2.76. The number of aliphatic hydroxyl groups excluding tert-OH is 1. The molecule has 0 unspecified atom stereocenters. The summed E-state index contributed by atoms with van der Waals surface area (Å²) in [5.74, 6) is 0. The largest absolute Gasteiger partial charge is 0.392 e. The van der Waals surface area contributed by atoms with Gasteiger partial charge in [0.25, 0.3) is 0 Å². The van der Waals surface area contributed by atoms with Crippen molar-refractivity contribution >= 4 is 0 Å². The van der Waals surface area contributed by atoms with Crippen LogP contribution >= 0.6 is 0 Å². The molecule has 72 valence electrons. The Balaban J connectivity index is 2.20. The Morgan fingerprint density at radius 1 is 1.50 bits per heavy atom. The van der Waals surface area contributed by atoms with Crippen LogP contribution in [0.5, 0.6) is 0 Å². The zero-order chi connectivity index (χ0) is 8.97. The van der Waals surface area contributed by atoms with Crippen molar-refractivity contribution in [2.45, 2.75) is 64.1 Å². The fourth-order valence-electron chi connectivity index (χ4n) is 2.02. The predicted molar refractivity (Wildman–Crippen MR) is 51.2 cm³/mol. The monoisotopic (exact) mass is 171 g/mol. The molecule has 3 atom stereocenters. The van der Waals surface area contributed by atoms with E-state index in [1.54, 1.807) is 0 Å². The lowest BCUT2D eigenvalue weighted by Crippen LogP contribution is -2.41. The van der Waals surface area contributed by atoms with Crippen LogP contribution in [0.1, 0.15) is 46.0 Å². The quantitative estimate of drug-likeness (QED) is 0.674. The van der Waals surface area contributed by atoms with Crippen molar-refractivity contribution in [3.63, 3.8) is 0 Å². The smallest absolute Gasteiger partial charge is 0.0693 e. The summed E-state index contributed by atoms with van der Waals surface area (Å²) in [6, 6.07) is 0.930. The third-order valence-corrected chi connectivity index (χ3v) is 2.70. The number of hydrogen-bond donors (Lipinski definition) is 2. The van der Waals surface area contributed by atoms with Crippen LogP contribution in [-0.2, 0) is 0 Å². The predicted octanol–water partition coefficient (Wildman–Crippen LogP) is 1.68. The second kappa shape index (κ2) is 4.83. The van der Waals surface area contributed by atoms with Gasteiger partial charge in [-0.3, -0.25) is 0 Å². The summed E-state index contributed by atoms with van der Waals surface area (Å²) in [5, 5.41) is 13.0. The van der Waals surface area contributed by atoms with E-state index in [1.165, 1.54) is 19.3 Å². The van der Waals surface area contributed by atoms with E-state index in [0.717, 1.165) is 12.8 Å². The Labute approximate surface area is 75.4 Å². The molecule has 0 aromatic heterocycles. The molecule has 1 fully saturated rings. The molecule has 12 heavy (non-hydrogen) atoms. The summed E-state index contributed by atoms with van der Waals surface area (Å²) < 4.78 is 0. The summed E-state index contributed by atoms with van der Waals surface area (Å²) in [5.41, 5.74) is 0. The average Bonchev–Trinajstić information content (AvgIpc) is 2.37. The molecule has 2 nitrogen and oxygen atoms in total. The van der Waals surface area contributed by atoms with Crippen LogP contribution < -0.4 is 5.32 Å². The maximum Gasteiger partial charge on any atom is 0.0693 e. The maximum absolute atomic E-state index is 9.54.